The minimum atomic E-state index is -0.209. The molecule has 1 spiro atoms. The van der Waals surface area contributed by atoms with Gasteiger partial charge in [-0.2, -0.15) is 0 Å². The summed E-state index contributed by atoms with van der Waals surface area (Å²) in [7, 11) is 1.43. The predicted molar refractivity (Wildman–Crippen MR) is 77.2 cm³/mol. The Balaban J connectivity index is 2.05. The van der Waals surface area contributed by atoms with E-state index in [0.29, 0.717) is 11.2 Å². The first-order valence-electron chi connectivity index (χ1n) is 7.09. The first kappa shape index (κ1) is 13.3. The summed E-state index contributed by atoms with van der Waals surface area (Å²) in [6, 6.07) is 1.88. The number of nitrogens with zero attached hydrogens (tertiary/aromatic N) is 1. The van der Waals surface area contributed by atoms with Crippen LogP contribution in [0.3, 0.4) is 0 Å². The van der Waals surface area contributed by atoms with Crippen molar-refractivity contribution in [2.75, 3.05) is 25.1 Å². The molecule has 0 atom stereocenters. The van der Waals surface area contributed by atoms with Crippen LogP contribution < -0.4 is 4.90 Å². The number of benzene rings is 1. The zero-order chi connectivity index (χ0) is 14.5. The van der Waals surface area contributed by atoms with E-state index in [4.69, 9.17) is 4.74 Å². The molecule has 1 aromatic carbocycles. The molecule has 1 N–H and O–H groups in total. The van der Waals surface area contributed by atoms with Gasteiger partial charge in [-0.05, 0) is 61.3 Å². The SMILES string of the molecule is COC(=O)CN1CC2(CC2)Cc2cc(O)c(C)c(C)c21. The normalized spacial score (nSPS) is 18.9. The Morgan fingerprint density at radius 1 is 1.40 bits per heavy atom. The Morgan fingerprint density at radius 3 is 2.70 bits per heavy atom. The summed E-state index contributed by atoms with van der Waals surface area (Å²) in [6.45, 7) is 5.14. The molecule has 1 saturated carbocycles. The Hall–Kier alpha value is -1.71. The molecule has 3 rings (SSSR count). The third kappa shape index (κ3) is 2.03. The summed E-state index contributed by atoms with van der Waals surface area (Å²) >= 11 is 0. The van der Waals surface area contributed by atoms with Gasteiger partial charge in [-0.1, -0.05) is 0 Å². The van der Waals surface area contributed by atoms with Gasteiger partial charge < -0.3 is 14.7 Å². The lowest BCUT2D eigenvalue weighted by Gasteiger charge is -2.37. The largest absolute Gasteiger partial charge is 0.508 e. The summed E-state index contributed by atoms with van der Waals surface area (Å²) in [5.74, 6) is 0.149. The molecule has 0 amide bonds. The first-order valence-corrected chi connectivity index (χ1v) is 7.09. The molecule has 4 heteroatoms. The van der Waals surface area contributed by atoms with E-state index < -0.39 is 0 Å². The number of hydrogen-bond donors (Lipinski definition) is 1. The van der Waals surface area contributed by atoms with Crippen molar-refractivity contribution in [1.29, 1.82) is 0 Å². The number of esters is 1. The van der Waals surface area contributed by atoms with Crippen molar-refractivity contribution < 1.29 is 14.6 Å². The lowest BCUT2D eigenvalue weighted by molar-refractivity contribution is -0.139. The van der Waals surface area contributed by atoms with Gasteiger partial charge in [0.25, 0.3) is 0 Å². The first-order chi connectivity index (χ1) is 9.46. The molecule has 1 fully saturated rings. The van der Waals surface area contributed by atoms with Crippen molar-refractivity contribution in [3.8, 4) is 5.75 Å². The minimum Gasteiger partial charge on any atom is -0.508 e. The third-order valence-electron chi connectivity index (χ3n) is 4.83. The summed E-state index contributed by atoms with van der Waals surface area (Å²) < 4.78 is 4.82. The Kier molecular flexibility index (Phi) is 2.92. The molecule has 0 unspecified atom stereocenters. The van der Waals surface area contributed by atoms with Crippen LogP contribution in [0.25, 0.3) is 0 Å². The topological polar surface area (TPSA) is 49.8 Å². The van der Waals surface area contributed by atoms with Gasteiger partial charge in [0, 0.05) is 12.2 Å². The number of phenols is 1. The number of methoxy groups -OCH3 is 1. The molecule has 1 heterocycles. The number of aromatic hydroxyl groups is 1. The van der Waals surface area contributed by atoms with E-state index in [1.54, 1.807) is 0 Å². The molecule has 0 saturated heterocycles. The Morgan fingerprint density at radius 2 is 2.10 bits per heavy atom. The molecule has 20 heavy (non-hydrogen) atoms. The van der Waals surface area contributed by atoms with Crippen molar-refractivity contribution in [1.82, 2.24) is 0 Å². The second-order valence-electron chi connectivity index (χ2n) is 6.26. The molecule has 2 aliphatic rings. The molecule has 108 valence electrons. The van der Waals surface area contributed by atoms with Gasteiger partial charge in [0.1, 0.15) is 12.3 Å². The van der Waals surface area contributed by atoms with Crippen LogP contribution >= 0.6 is 0 Å². The fraction of sp³-hybridized carbons (Fsp3) is 0.562. The fourth-order valence-electron chi connectivity index (χ4n) is 3.34. The second-order valence-corrected chi connectivity index (χ2v) is 6.26. The van der Waals surface area contributed by atoms with E-state index in [2.05, 4.69) is 4.90 Å². The smallest absolute Gasteiger partial charge is 0.325 e. The van der Waals surface area contributed by atoms with Crippen molar-refractivity contribution in [3.05, 3.63) is 22.8 Å². The number of fused-ring (bicyclic) bond motifs is 1. The highest BCUT2D eigenvalue weighted by atomic mass is 16.5. The van der Waals surface area contributed by atoms with E-state index in [1.165, 1.54) is 25.5 Å². The third-order valence-corrected chi connectivity index (χ3v) is 4.83. The van der Waals surface area contributed by atoms with Gasteiger partial charge in [0.15, 0.2) is 0 Å². The van der Waals surface area contributed by atoms with Crippen LogP contribution in [0.4, 0.5) is 5.69 Å². The number of phenolic OH excluding ortho intramolecular Hbond substituents is 1. The number of carbonyl (C=O) groups excluding carboxylic acids is 1. The van der Waals surface area contributed by atoms with Crippen LogP contribution in [0.5, 0.6) is 5.75 Å². The summed E-state index contributed by atoms with van der Waals surface area (Å²) in [6.07, 6.45) is 3.42. The average molecular weight is 275 g/mol. The van der Waals surface area contributed by atoms with Gasteiger partial charge in [-0.3, -0.25) is 4.79 Å². The maximum absolute atomic E-state index is 11.7. The van der Waals surface area contributed by atoms with Crippen molar-refractivity contribution in [2.45, 2.75) is 33.1 Å². The van der Waals surface area contributed by atoms with Gasteiger partial charge in [0.2, 0.25) is 0 Å². The number of ether oxygens (including phenoxy) is 1. The summed E-state index contributed by atoms with van der Waals surface area (Å²) in [4.78, 5) is 13.8. The van der Waals surface area contributed by atoms with Gasteiger partial charge in [-0.25, -0.2) is 0 Å². The minimum absolute atomic E-state index is 0.209. The average Bonchev–Trinajstić information content (AvgIpc) is 3.14. The van der Waals surface area contributed by atoms with Crippen LogP contribution in [0.1, 0.15) is 29.5 Å². The zero-order valence-electron chi connectivity index (χ0n) is 12.3. The molecule has 1 aromatic rings. The lowest BCUT2D eigenvalue weighted by atomic mass is 9.86. The van der Waals surface area contributed by atoms with Gasteiger partial charge in [-0.15, -0.1) is 0 Å². The molecular formula is C16H21NO3. The molecular weight excluding hydrogens is 254 g/mol. The fourth-order valence-corrected chi connectivity index (χ4v) is 3.34. The standard InChI is InChI=1S/C16H21NO3/c1-10-11(2)15-12(6-13(10)18)7-16(4-5-16)9-17(15)8-14(19)20-3/h6,18H,4-5,7-9H2,1-3H3. The number of hydrogen-bond acceptors (Lipinski definition) is 4. The van der Waals surface area contributed by atoms with E-state index in [0.717, 1.165) is 29.8 Å². The highest BCUT2D eigenvalue weighted by Gasteiger charge is 2.48. The van der Waals surface area contributed by atoms with Crippen molar-refractivity contribution >= 4 is 11.7 Å². The van der Waals surface area contributed by atoms with Crippen LogP contribution in [0, 0.1) is 19.3 Å². The summed E-state index contributed by atoms with van der Waals surface area (Å²) in [5.41, 5.74) is 4.56. The number of anilines is 1. The van der Waals surface area contributed by atoms with Crippen LogP contribution in [0.2, 0.25) is 0 Å². The Bertz CT molecular complexity index is 576. The Labute approximate surface area is 119 Å². The monoisotopic (exact) mass is 275 g/mol. The number of rotatable bonds is 2. The van der Waals surface area contributed by atoms with E-state index in [9.17, 15) is 9.90 Å². The van der Waals surface area contributed by atoms with Crippen LogP contribution in [0.15, 0.2) is 6.07 Å². The molecule has 0 aromatic heterocycles. The van der Waals surface area contributed by atoms with Crippen LogP contribution in [-0.2, 0) is 16.0 Å². The highest BCUT2D eigenvalue weighted by molar-refractivity contribution is 5.78. The van der Waals surface area contributed by atoms with Gasteiger partial charge >= 0.3 is 5.97 Å². The summed E-state index contributed by atoms with van der Waals surface area (Å²) in [5, 5.41) is 10.1. The van der Waals surface area contributed by atoms with Crippen molar-refractivity contribution in [3.63, 3.8) is 0 Å². The van der Waals surface area contributed by atoms with Crippen LogP contribution in [-0.4, -0.2) is 31.3 Å². The lowest BCUT2D eigenvalue weighted by Crippen LogP contribution is -2.40. The van der Waals surface area contributed by atoms with E-state index >= 15 is 0 Å². The van der Waals surface area contributed by atoms with Gasteiger partial charge in [0.05, 0.1) is 7.11 Å². The molecule has 0 bridgehead atoms. The molecule has 0 radical (unpaired) electrons. The molecule has 1 aliphatic heterocycles. The van der Waals surface area contributed by atoms with E-state index in [-0.39, 0.29) is 12.5 Å². The zero-order valence-corrected chi connectivity index (χ0v) is 12.3. The maximum atomic E-state index is 11.7. The highest BCUT2D eigenvalue weighted by Crippen LogP contribution is 2.54. The predicted octanol–water partition coefficient (Wildman–Crippen LogP) is 2.32. The van der Waals surface area contributed by atoms with E-state index in [1.807, 2.05) is 19.9 Å². The number of carbonyl (C=O) groups is 1. The molecule has 1 aliphatic carbocycles. The van der Waals surface area contributed by atoms with Crippen molar-refractivity contribution in [2.24, 2.45) is 5.41 Å². The molecule has 4 nitrogen and oxygen atoms in total. The quantitative estimate of drug-likeness (QED) is 0.842. The maximum Gasteiger partial charge on any atom is 0.325 e. The second kappa shape index (κ2) is 4.40.